The number of fused-ring (bicyclic) bond motifs is 10. The summed E-state index contributed by atoms with van der Waals surface area (Å²) in [6.45, 7) is 0. The third kappa shape index (κ3) is 4.01. The minimum absolute atomic E-state index is 0.633. The molecule has 10 rings (SSSR count). The van der Waals surface area contributed by atoms with E-state index in [0.29, 0.717) is 17.5 Å². The summed E-state index contributed by atoms with van der Waals surface area (Å²) < 4.78 is 8.94. The Morgan fingerprint density at radius 3 is 1.54 bits per heavy atom. The van der Waals surface area contributed by atoms with Gasteiger partial charge in [-0.3, -0.25) is 0 Å². The van der Waals surface area contributed by atoms with Crippen molar-refractivity contribution >= 4 is 54.5 Å². The van der Waals surface area contributed by atoms with E-state index in [0.717, 1.165) is 66.1 Å². The lowest BCUT2D eigenvalue weighted by molar-refractivity contribution is 0.673. The van der Waals surface area contributed by atoms with Gasteiger partial charge in [0.25, 0.3) is 0 Å². The normalized spacial score (nSPS) is 11.8. The molecule has 0 radical (unpaired) electrons. The van der Waals surface area contributed by atoms with Gasteiger partial charge in [0.1, 0.15) is 11.2 Å². The Morgan fingerprint density at radius 2 is 0.896 bits per heavy atom. The average molecular weight is 615 g/mol. The lowest BCUT2D eigenvalue weighted by Crippen LogP contribution is -2.00. The van der Waals surface area contributed by atoms with Crippen molar-refractivity contribution in [1.29, 1.82) is 0 Å². The first-order valence-corrected chi connectivity index (χ1v) is 16.0. The summed E-state index contributed by atoms with van der Waals surface area (Å²) in [5.74, 6) is 1.93. The minimum Gasteiger partial charge on any atom is -0.455 e. The first-order valence-electron chi connectivity index (χ1n) is 16.0. The zero-order chi connectivity index (χ0) is 31.6. The predicted molar refractivity (Wildman–Crippen MR) is 195 cm³/mol. The number of hydrogen-bond donors (Lipinski definition) is 0. The van der Waals surface area contributed by atoms with Crippen LogP contribution in [0.2, 0.25) is 0 Å². The Kier molecular flexibility index (Phi) is 5.81. The molecule has 0 amide bonds. The van der Waals surface area contributed by atoms with Gasteiger partial charge in [0, 0.05) is 54.7 Å². The van der Waals surface area contributed by atoms with Gasteiger partial charge in [-0.25, -0.2) is 15.0 Å². The summed E-state index contributed by atoms with van der Waals surface area (Å²) in [5, 5.41) is 6.92. The molecule has 0 saturated heterocycles. The van der Waals surface area contributed by atoms with Crippen LogP contribution in [0.1, 0.15) is 0 Å². The van der Waals surface area contributed by atoms with Gasteiger partial charge in [0.05, 0.1) is 11.0 Å². The SMILES string of the molecule is c1ccc(-c2nc(-c3ccccc3)nc(-c3ccc(-n4c5ccccc5c5c6c7ccccc7oc6c6ccccc6c54)cc3)n2)cc1. The molecule has 0 aliphatic heterocycles. The van der Waals surface area contributed by atoms with Crippen molar-refractivity contribution in [3.05, 3.63) is 158 Å². The van der Waals surface area contributed by atoms with E-state index in [1.807, 2.05) is 66.7 Å². The van der Waals surface area contributed by atoms with E-state index >= 15 is 0 Å². The van der Waals surface area contributed by atoms with Crippen LogP contribution >= 0.6 is 0 Å². The number of rotatable bonds is 4. The standard InChI is InChI=1S/C43H26N4O/c1-3-13-27(14-4-1)41-44-42(28-15-5-2-6-16-28)46-43(45-41)29-23-25-30(26-24-29)47-35-21-11-9-19-33(35)37-38-34-20-10-12-22-36(34)48-40(38)32-18-8-7-17-31(32)39(37)47/h1-26H. The maximum absolute atomic E-state index is 6.56. The zero-order valence-electron chi connectivity index (χ0n) is 25.7. The molecule has 48 heavy (non-hydrogen) atoms. The van der Waals surface area contributed by atoms with Crippen LogP contribution in [0.3, 0.4) is 0 Å². The highest BCUT2D eigenvalue weighted by atomic mass is 16.3. The highest BCUT2D eigenvalue weighted by Gasteiger charge is 2.22. The van der Waals surface area contributed by atoms with Gasteiger partial charge in [0.2, 0.25) is 0 Å². The average Bonchev–Trinajstić information content (AvgIpc) is 3.72. The molecule has 0 unspecified atom stereocenters. The number of benzene rings is 7. The summed E-state index contributed by atoms with van der Waals surface area (Å²) in [7, 11) is 0. The molecule has 7 aromatic carbocycles. The smallest absolute Gasteiger partial charge is 0.164 e. The van der Waals surface area contributed by atoms with Gasteiger partial charge in [-0.2, -0.15) is 0 Å². The first-order chi connectivity index (χ1) is 23.8. The van der Waals surface area contributed by atoms with E-state index in [1.165, 1.54) is 10.8 Å². The number of nitrogens with zero attached hydrogens (tertiary/aromatic N) is 4. The highest BCUT2D eigenvalue weighted by molar-refractivity contribution is 6.35. The third-order valence-corrected chi connectivity index (χ3v) is 9.23. The zero-order valence-corrected chi connectivity index (χ0v) is 25.7. The second kappa shape index (κ2) is 10.5. The Labute approximate surface area is 275 Å². The molecule has 0 N–H and O–H groups in total. The van der Waals surface area contributed by atoms with E-state index in [4.69, 9.17) is 19.4 Å². The lowest BCUT2D eigenvalue weighted by Gasteiger charge is -2.12. The fraction of sp³-hybridized carbons (Fsp3) is 0. The van der Waals surface area contributed by atoms with Crippen LogP contribution in [0.15, 0.2) is 162 Å². The van der Waals surface area contributed by atoms with Crippen LogP contribution in [-0.4, -0.2) is 19.5 Å². The summed E-state index contributed by atoms with van der Waals surface area (Å²) in [4.78, 5) is 14.8. The molecular weight excluding hydrogens is 589 g/mol. The van der Waals surface area contributed by atoms with Crippen LogP contribution in [0.4, 0.5) is 0 Å². The number of furan rings is 1. The quantitative estimate of drug-likeness (QED) is 0.198. The van der Waals surface area contributed by atoms with Crippen LogP contribution in [-0.2, 0) is 0 Å². The summed E-state index contributed by atoms with van der Waals surface area (Å²) in [5.41, 5.74) is 8.00. The van der Waals surface area contributed by atoms with Crippen molar-refractivity contribution in [3.63, 3.8) is 0 Å². The number of aromatic nitrogens is 4. The summed E-state index contributed by atoms with van der Waals surface area (Å²) in [6, 6.07) is 54.3. The first kappa shape index (κ1) is 26.6. The van der Waals surface area contributed by atoms with Gasteiger partial charge in [-0.05, 0) is 36.4 Å². The van der Waals surface area contributed by atoms with Crippen molar-refractivity contribution in [2.75, 3.05) is 0 Å². The van der Waals surface area contributed by atoms with E-state index in [2.05, 4.69) is 95.6 Å². The van der Waals surface area contributed by atoms with Crippen LogP contribution in [0.5, 0.6) is 0 Å². The second-order valence-electron chi connectivity index (χ2n) is 12.0. The maximum Gasteiger partial charge on any atom is 0.164 e. The van der Waals surface area contributed by atoms with E-state index in [9.17, 15) is 0 Å². The van der Waals surface area contributed by atoms with Crippen molar-refractivity contribution in [3.8, 4) is 39.9 Å². The minimum atomic E-state index is 0.633. The maximum atomic E-state index is 6.56. The highest BCUT2D eigenvalue weighted by Crippen LogP contribution is 2.45. The van der Waals surface area contributed by atoms with Crippen molar-refractivity contribution < 1.29 is 4.42 Å². The Hall–Kier alpha value is -6.59. The Balaban J connectivity index is 1.21. The number of hydrogen-bond acceptors (Lipinski definition) is 4. The molecular formula is C43H26N4O. The van der Waals surface area contributed by atoms with Crippen molar-refractivity contribution in [2.24, 2.45) is 0 Å². The van der Waals surface area contributed by atoms with Gasteiger partial charge in [-0.15, -0.1) is 0 Å². The third-order valence-electron chi connectivity index (χ3n) is 9.23. The Bertz CT molecular complexity index is 2760. The van der Waals surface area contributed by atoms with Gasteiger partial charge >= 0.3 is 0 Å². The van der Waals surface area contributed by atoms with Gasteiger partial charge in [0.15, 0.2) is 17.5 Å². The molecule has 5 heteroatoms. The van der Waals surface area contributed by atoms with Gasteiger partial charge < -0.3 is 8.98 Å². The molecule has 0 saturated carbocycles. The van der Waals surface area contributed by atoms with E-state index < -0.39 is 0 Å². The largest absolute Gasteiger partial charge is 0.455 e. The molecule has 5 nitrogen and oxygen atoms in total. The molecule has 0 aliphatic rings. The van der Waals surface area contributed by atoms with Crippen molar-refractivity contribution in [2.45, 2.75) is 0 Å². The molecule has 0 bridgehead atoms. The summed E-state index contributed by atoms with van der Waals surface area (Å²) >= 11 is 0. The molecule has 0 fully saturated rings. The van der Waals surface area contributed by atoms with E-state index in [1.54, 1.807) is 0 Å². The van der Waals surface area contributed by atoms with Crippen LogP contribution in [0.25, 0.3) is 94.4 Å². The topological polar surface area (TPSA) is 56.7 Å². The monoisotopic (exact) mass is 614 g/mol. The van der Waals surface area contributed by atoms with Crippen molar-refractivity contribution in [1.82, 2.24) is 19.5 Å². The molecule has 10 aromatic rings. The van der Waals surface area contributed by atoms with Crippen LogP contribution in [0, 0.1) is 0 Å². The molecule has 3 aromatic heterocycles. The fourth-order valence-electron chi connectivity index (χ4n) is 7.08. The number of para-hydroxylation sites is 2. The van der Waals surface area contributed by atoms with Crippen LogP contribution < -0.4 is 0 Å². The fourth-order valence-corrected chi connectivity index (χ4v) is 7.08. The second-order valence-corrected chi connectivity index (χ2v) is 12.0. The van der Waals surface area contributed by atoms with Gasteiger partial charge in [-0.1, -0.05) is 121 Å². The molecule has 224 valence electrons. The van der Waals surface area contributed by atoms with E-state index in [-0.39, 0.29) is 0 Å². The molecule has 0 aliphatic carbocycles. The molecule has 0 spiro atoms. The predicted octanol–water partition coefficient (Wildman–Crippen LogP) is 11.0. The lowest BCUT2D eigenvalue weighted by atomic mass is 9.99. The molecule has 3 heterocycles. The summed E-state index contributed by atoms with van der Waals surface area (Å²) in [6.07, 6.45) is 0. The molecule has 0 atom stereocenters. The Morgan fingerprint density at radius 1 is 0.396 bits per heavy atom.